The van der Waals surface area contributed by atoms with E-state index in [0.29, 0.717) is 19.4 Å². The molecule has 4 rings (SSSR count). The van der Waals surface area contributed by atoms with Crippen molar-refractivity contribution in [3.05, 3.63) is 41.7 Å². The average molecular weight is 371 g/mol. The maximum atomic E-state index is 11.6. The Morgan fingerprint density at radius 1 is 1.22 bits per heavy atom. The number of hydrogen-bond donors (Lipinski definition) is 0. The number of carbonyl (C=O) groups excluding carboxylic acids is 2. The standard InChI is InChI=1S/C19H21N3O5/c1-2-22-11-15(20-21-22)12-25-16-5-3-13(4-6-16)14-7-8-19(10-14)26-17(23)9-18(24)27-19/h3-6,11,14H,2,7-10,12H2,1H3. The second-order valence-electron chi connectivity index (χ2n) is 6.90. The van der Waals surface area contributed by atoms with Gasteiger partial charge in [0.05, 0.1) is 6.20 Å². The first-order valence-corrected chi connectivity index (χ1v) is 9.11. The highest BCUT2D eigenvalue weighted by Gasteiger charge is 2.49. The Kier molecular flexibility index (Phi) is 4.55. The molecule has 142 valence electrons. The van der Waals surface area contributed by atoms with Gasteiger partial charge in [0.1, 0.15) is 24.5 Å². The molecule has 1 atom stereocenters. The van der Waals surface area contributed by atoms with Crippen LogP contribution in [0, 0.1) is 0 Å². The Morgan fingerprint density at radius 3 is 2.63 bits per heavy atom. The fourth-order valence-corrected chi connectivity index (χ4v) is 3.62. The lowest BCUT2D eigenvalue weighted by atomic mass is 9.97. The molecule has 1 saturated carbocycles. The van der Waals surface area contributed by atoms with E-state index in [0.717, 1.165) is 30.0 Å². The quantitative estimate of drug-likeness (QED) is 0.588. The highest BCUT2D eigenvalue weighted by molar-refractivity contribution is 5.93. The summed E-state index contributed by atoms with van der Waals surface area (Å²) in [7, 11) is 0. The molecule has 1 aromatic carbocycles. The third-order valence-corrected chi connectivity index (χ3v) is 4.97. The minimum atomic E-state index is -1.09. The Morgan fingerprint density at radius 2 is 1.96 bits per heavy atom. The van der Waals surface area contributed by atoms with E-state index in [9.17, 15) is 9.59 Å². The monoisotopic (exact) mass is 371 g/mol. The fraction of sp³-hybridized carbons (Fsp3) is 0.474. The van der Waals surface area contributed by atoms with Crippen molar-refractivity contribution >= 4 is 11.9 Å². The molecular weight excluding hydrogens is 350 g/mol. The molecule has 0 amide bonds. The fourth-order valence-electron chi connectivity index (χ4n) is 3.62. The van der Waals surface area contributed by atoms with E-state index < -0.39 is 17.7 Å². The number of ether oxygens (including phenoxy) is 3. The molecule has 27 heavy (non-hydrogen) atoms. The Bertz CT molecular complexity index is 829. The molecule has 2 aliphatic rings. The van der Waals surface area contributed by atoms with Crippen LogP contribution >= 0.6 is 0 Å². The summed E-state index contributed by atoms with van der Waals surface area (Å²) < 4.78 is 18.2. The van der Waals surface area contributed by atoms with Crippen molar-refractivity contribution in [1.29, 1.82) is 0 Å². The maximum absolute atomic E-state index is 11.6. The van der Waals surface area contributed by atoms with Gasteiger partial charge in [0.25, 0.3) is 5.79 Å². The molecular formula is C19H21N3O5. The second-order valence-corrected chi connectivity index (χ2v) is 6.90. The van der Waals surface area contributed by atoms with Crippen LogP contribution in [0.25, 0.3) is 0 Å². The van der Waals surface area contributed by atoms with Gasteiger partial charge in [0, 0.05) is 19.4 Å². The minimum absolute atomic E-state index is 0.169. The van der Waals surface area contributed by atoms with Crippen molar-refractivity contribution in [3.63, 3.8) is 0 Å². The summed E-state index contributed by atoms with van der Waals surface area (Å²) in [6.07, 6.45) is 3.37. The van der Waals surface area contributed by atoms with Gasteiger partial charge in [-0.3, -0.25) is 14.3 Å². The van der Waals surface area contributed by atoms with Crippen molar-refractivity contribution in [3.8, 4) is 5.75 Å². The van der Waals surface area contributed by atoms with Gasteiger partial charge < -0.3 is 14.2 Å². The Labute approximate surface area is 156 Å². The molecule has 1 aliphatic heterocycles. The Balaban J connectivity index is 1.36. The summed E-state index contributed by atoms with van der Waals surface area (Å²) in [4.78, 5) is 23.2. The van der Waals surface area contributed by atoms with Gasteiger partial charge >= 0.3 is 11.9 Å². The molecule has 1 saturated heterocycles. The molecule has 0 radical (unpaired) electrons. The lowest BCUT2D eigenvalue weighted by Crippen LogP contribution is -2.43. The molecule has 1 unspecified atom stereocenters. The first-order valence-electron chi connectivity index (χ1n) is 9.11. The lowest BCUT2D eigenvalue weighted by molar-refractivity contribution is -0.241. The third-order valence-electron chi connectivity index (χ3n) is 4.97. The van der Waals surface area contributed by atoms with Crippen LogP contribution in [-0.2, 0) is 32.2 Å². The third kappa shape index (κ3) is 3.79. The minimum Gasteiger partial charge on any atom is -0.487 e. The highest BCUT2D eigenvalue weighted by Crippen LogP contribution is 2.45. The van der Waals surface area contributed by atoms with Gasteiger partial charge in [-0.1, -0.05) is 17.3 Å². The van der Waals surface area contributed by atoms with Gasteiger partial charge in [0.15, 0.2) is 0 Å². The largest absolute Gasteiger partial charge is 0.487 e. The smallest absolute Gasteiger partial charge is 0.320 e. The van der Waals surface area contributed by atoms with Crippen molar-refractivity contribution in [2.45, 2.75) is 57.5 Å². The Hall–Kier alpha value is -2.90. The number of esters is 2. The molecule has 2 fully saturated rings. The van der Waals surface area contributed by atoms with E-state index >= 15 is 0 Å². The van der Waals surface area contributed by atoms with Crippen molar-refractivity contribution in [1.82, 2.24) is 15.0 Å². The maximum Gasteiger partial charge on any atom is 0.320 e. The van der Waals surface area contributed by atoms with Crippen LogP contribution in [0.5, 0.6) is 5.75 Å². The predicted octanol–water partition coefficient (Wildman–Crippen LogP) is 2.33. The van der Waals surface area contributed by atoms with Gasteiger partial charge in [-0.25, -0.2) is 0 Å². The molecule has 2 aromatic rings. The molecule has 8 heteroatoms. The van der Waals surface area contributed by atoms with E-state index in [1.807, 2.05) is 37.4 Å². The van der Waals surface area contributed by atoms with Gasteiger partial charge in [-0.2, -0.15) is 0 Å². The molecule has 2 heterocycles. The number of nitrogens with zero attached hydrogens (tertiary/aromatic N) is 3. The molecule has 1 aromatic heterocycles. The summed E-state index contributed by atoms with van der Waals surface area (Å²) in [5.41, 5.74) is 1.88. The highest BCUT2D eigenvalue weighted by atomic mass is 16.7. The SMILES string of the molecule is CCn1cc(COc2ccc(C3CCC4(C3)OC(=O)CC(=O)O4)cc2)nn1. The van der Waals surface area contributed by atoms with Crippen LogP contribution < -0.4 is 4.74 Å². The summed E-state index contributed by atoms with van der Waals surface area (Å²) in [5.74, 6) is -1.18. The van der Waals surface area contributed by atoms with Crippen molar-refractivity contribution in [2.24, 2.45) is 0 Å². The zero-order valence-electron chi connectivity index (χ0n) is 15.1. The average Bonchev–Trinajstić information content (AvgIpc) is 3.26. The van der Waals surface area contributed by atoms with Crippen LogP contribution in [0.15, 0.2) is 30.5 Å². The van der Waals surface area contributed by atoms with E-state index in [1.54, 1.807) is 4.68 Å². The van der Waals surface area contributed by atoms with Crippen LogP contribution in [0.2, 0.25) is 0 Å². The van der Waals surface area contributed by atoms with E-state index in [4.69, 9.17) is 14.2 Å². The first kappa shape index (κ1) is 17.5. The van der Waals surface area contributed by atoms with Crippen LogP contribution in [0.3, 0.4) is 0 Å². The predicted molar refractivity (Wildman–Crippen MR) is 92.6 cm³/mol. The molecule has 1 aliphatic carbocycles. The van der Waals surface area contributed by atoms with E-state index in [-0.39, 0.29) is 12.3 Å². The number of benzene rings is 1. The van der Waals surface area contributed by atoms with Gasteiger partial charge in [-0.05, 0) is 37.0 Å². The number of aromatic nitrogens is 3. The van der Waals surface area contributed by atoms with Crippen molar-refractivity contribution in [2.75, 3.05) is 0 Å². The zero-order valence-corrected chi connectivity index (χ0v) is 15.1. The lowest BCUT2D eigenvalue weighted by Gasteiger charge is -2.32. The van der Waals surface area contributed by atoms with Crippen LogP contribution in [0.4, 0.5) is 0 Å². The van der Waals surface area contributed by atoms with Gasteiger partial charge in [-0.15, -0.1) is 5.10 Å². The van der Waals surface area contributed by atoms with Crippen molar-refractivity contribution < 1.29 is 23.8 Å². The van der Waals surface area contributed by atoms with Crippen LogP contribution in [-0.4, -0.2) is 32.7 Å². The summed E-state index contributed by atoms with van der Waals surface area (Å²) in [6.45, 7) is 3.13. The van der Waals surface area contributed by atoms with E-state index in [1.165, 1.54) is 0 Å². The topological polar surface area (TPSA) is 92.5 Å². The first-order chi connectivity index (χ1) is 13.0. The van der Waals surface area contributed by atoms with Crippen LogP contribution in [0.1, 0.15) is 49.8 Å². The zero-order chi connectivity index (χ0) is 18.9. The number of aryl methyl sites for hydroxylation is 1. The summed E-state index contributed by atoms with van der Waals surface area (Å²) in [5, 5.41) is 8.03. The molecule has 0 bridgehead atoms. The molecule has 1 spiro atoms. The van der Waals surface area contributed by atoms with Gasteiger partial charge in [0.2, 0.25) is 0 Å². The number of rotatable bonds is 5. The number of carbonyl (C=O) groups is 2. The molecule has 8 nitrogen and oxygen atoms in total. The summed E-state index contributed by atoms with van der Waals surface area (Å²) in [6, 6.07) is 7.80. The molecule has 0 N–H and O–H groups in total. The normalized spacial score (nSPS) is 21.1. The summed E-state index contributed by atoms with van der Waals surface area (Å²) >= 11 is 0. The second kappa shape index (κ2) is 7.02. The number of hydrogen-bond acceptors (Lipinski definition) is 7. The van der Waals surface area contributed by atoms with E-state index in [2.05, 4.69) is 10.3 Å².